The molecule has 26 heavy (non-hydrogen) atoms. The van der Waals surface area contributed by atoms with E-state index in [0.29, 0.717) is 5.82 Å². The van der Waals surface area contributed by atoms with Gasteiger partial charge < -0.3 is 14.8 Å². The Balaban J connectivity index is 1.81. The van der Waals surface area contributed by atoms with Crippen LogP contribution >= 0.6 is 0 Å². The van der Waals surface area contributed by atoms with Crippen molar-refractivity contribution >= 4 is 27.8 Å². The van der Waals surface area contributed by atoms with Crippen LogP contribution in [-0.2, 0) is 6.54 Å². The number of pyridine rings is 2. The average molecular weight is 349 g/mol. The molecule has 1 fully saturated rings. The number of nitrogens with one attached hydrogen (secondary N) is 1. The lowest BCUT2D eigenvalue weighted by atomic mass is 10.1. The molecule has 2 aromatic rings. The number of hydrogen-bond acceptors (Lipinski definition) is 4. The summed E-state index contributed by atoms with van der Waals surface area (Å²) in [7, 11) is 0. The summed E-state index contributed by atoms with van der Waals surface area (Å²) in [6.07, 6.45) is 2.10. The summed E-state index contributed by atoms with van der Waals surface area (Å²) < 4.78 is 17.1. The van der Waals surface area contributed by atoms with Gasteiger partial charge in [-0.05, 0) is 19.1 Å². The Bertz CT molecular complexity index is 1080. The number of fused-ring (bicyclic) bond motifs is 5. The molecule has 0 amide bonds. The Hall–Kier alpha value is -2.73. The summed E-state index contributed by atoms with van der Waals surface area (Å²) in [5.74, 6) is 0.165. The number of para-hydroxylation sites is 1. The predicted molar refractivity (Wildman–Crippen MR) is 102 cm³/mol. The third kappa shape index (κ3) is 2.25. The van der Waals surface area contributed by atoms with Crippen LogP contribution in [0, 0.1) is 5.82 Å². The summed E-state index contributed by atoms with van der Waals surface area (Å²) in [6, 6.07) is 9.66. The quantitative estimate of drug-likeness (QED) is 0.603. The molecule has 1 N–H and O–H groups in total. The molecule has 0 saturated carbocycles. The fourth-order valence-electron chi connectivity index (χ4n) is 3.86. The number of rotatable bonds is 2. The lowest BCUT2D eigenvalue weighted by Gasteiger charge is -2.29. The van der Waals surface area contributed by atoms with Crippen LogP contribution in [-0.4, -0.2) is 40.7 Å². The molecule has 3 aliphatic heterocycles. The normalized spacial score (nSPS) is 15.4. The van der Waals surface area contributed by atoms with E-state index in [4.69, 9.17) is 9.97 Å². The molecule has 0 radical (unpaired) electrons. The molecule has 0 unspecified atom stereocenters. The SMILES string of the molecule is CCn1cc2c3ccccc3nc-2c2cc(F)c(N3CCNCC3)nc21. The lowest BCUT2D eigenvalue weighted by Crippen LogP contribution is -2.44. The summed E-state index contributed by atoms with van der Waals surface area (Å²) in [5.41, 5.74) is 3.59. The maximum atomic E-state index is 15.0. The van der Waals surface area contributed by atoms with E-state index in [1.165, 1.54) is 0 Å². The van der Waals surface area contributed by atoms with E-state index in [0.717, 1.165) is 65.9 Å². The maximum absolute atomic E-state index is 15.0. The minimum atomic E-state index is -0.276. The van der Waals surface area contributed by atoms with Gasteiger partial charge in [-0.2, -0.15) is 0 Å². The van der Waals surface area contributed by atoms with Crippen molar-refractivity contribution in [2.45, 2.75) is 13.5 Å². The molecule has 1 aromatic carbocycles. The monoisotopic (exact) mass is 349 g/mol. The maximum Gasteiger partial charge on any atom is 0.167 e. The summed E-state index contributed by atoms with van der Waals surface area (Å²) in [6.45, 7) is 6.08. The molecular formula is C20H20FN5. The Kier molecular flexibility index (Phi) is 3.53. The van der Waals surface area contributed by atoms with E-state index in [9.17, 15) is 4.39 Å². The zero-order valence-electron chi connectivity index (χ0n) is 14.7. The molecule has 3 aliphatic rings. The first-order valence-electron chi connectivity index (χ1n) is 9.10. The van der Waals surface area contributed by atoms with Crippen LogP contribution in [0.15, 0.2) is 36.5 Å². The van der Waals surface area contributed by atoms with Crippen LogP contribution in [0.4, 0.5) is 10.2 Å². The number of benzene rings is 1. The number of anilines is 1. The van der Waals surface area contributed by atoms with Crippen LogP contribution in [0.1, 0.15) is 6.92 Å². The average Bonchev–Trinajstić information content (AvgIpc) is 3.06. The third-order valence-electron chi connectivity index (χ3n) is 5.19. The van der Waals surface area contributed by atoms with Gasteiger partial charge in [-0.1, -0.05) is 18.2 Å². The Morgan fingerprint density at radius 3 is 2.73 bits per heavy atom. The van der Waals surface area contributed by atoms with Gasteiger partial charge in [0.25, 0.3) is 0 Å². The Morgan fingerprint density at radius 2 is 1.92 bits per heavy atom. The molecule has 132 valence electrons. The van der Waals surface area contributed by atoms with E-state index in [2.05, 4.69) is 29.1 Å². The van der Waals surface area contributed by atoms with E-state index in [1.807, 2.05) is 23.1 Å². The van der Waals surface area contributed by atoms with Gasteiger partial charge >= 0.3 is 0 Å². The van der Waals surface area contributed by atoms with Crippen LogP contribution in [0.3, 0.4) is 0 Å². The highest BCUT2D eigenvalue weighted by molar-refractivity contribution is 6.05. The third-order valence-corrected chi connectivity index (χ3v) is 5.19. The first-order valence-corrected chi connectivity index (χ1v) is 9.10. The van der Waals surface area contributed by atoms with Crippen LogP contribution in [0.25, 0.3) is 33.2 Å². The molecule has 0 aliphatic carbocycles. The van der Waals surface area contributed by atoms with Gasteiger partial charge in [-0.25, -0.2) is 14.4 Å². The molecule has 6 heteroatoms. The van der Waals surface area contributed by atoms with Crippen molar-refractivity contribution in [2.75, 3.05) is 31.1 Å². The second kappa shape index (κ2) is 5.92. The number of hydrogen-bond donors (Lipinski definition) is 1. The minimum absolute atomic E-state index is 0.276. The molecule has 1 saturated heterocycles. The zero-order valence-corrected chi connectivity index (χ0v) is 14.7. The predicted octanol–water partition coefficient (Wildman–Crippen LogP) is 3.26. The lowest BCUT2D eigenvalue weighted by molar-refractivity contribution is 0.559. The number of nitrogens with zero attached hydrogens (tertiary/aromatic N) is 4. The molecule has 5 rings (SSSR count). The zero-order chi connectivity index (χ0) is 17.7. The fourth-order valence-corrected chi connectivity index (χ4v) is 3.86. The van der Waals surface area contributed by atoms with Crippen molar-refractivity contribution in [1.29, 1.82) is 0 Å². The molecule has 0 bridgehead atoms. The highest BCUT2D eigenvalue weighted by atomic mass is 19.1. The van der Waals surface area contributed by atoms with E-state index < -0.39 is 0 Å². The van der Waals surface area contributed by atoms with Gasteiger partial charge in [-0.3, -0.25) is 0 Å². The Morgan fingerprint density at radius 1 is 1.12 bits per heavy atom. The van der Waals surface area contributed by atoms with E-state index >= 15 is 0 Å². The second-order valence-corrected chi connectivity index (χ2v) is 6.71. The second-order valence-electron chi connectivity index (χ2n) is 6.71. The van der Waals surface area contributed by atoms with Gasteiger partial charge in [0.1, 0.15) is 5.65 Å². The van der Waals surface area contributed by atoms with Gasteiger partial charge in [0.2, 0.25) is 0 Å². The van der Waals surface area contributed by atoms with Gasteiger partial charge in [0.05, 0.1) is 11.2 Å². The van der Waals surface area contributed by atoms with Crippen molar-refractivity contribution in [1.82, 2.24) is 19.9 Å². The summed E-state index contributed by atoms with van der Waals surface area (Å²) in [4.78, 5) is 11.5. The van der Waals surface area contributed by atoms with Crippen molar-refractivity contribution in [2.24, 2.45) is 0 Å². The molecular weight excluding hydrogens is 329 g/mol. The summed E-state index contributed by atoms with van der Waals surface area (Å²) in [5, 5.41) is 5.17. The van der Waals surface area contributed by atoms with Crippen molar-refractivity contribution in [3.63, 3.8) is 0 Å². The van der Waals surface area contributed by atoms with Crippen molar-refractivity contribution in [3.8, 4) is 11.3 Å². The van der Waals surface area contributed by atoms with Gasteiger partial charge in [0, 0.05) is 55.3 Å². The van der Waals surface area contributed by atoms with Crippen LogP contribution < -0.4 is 10.2 Å². The molecule has 4 heterocycles. The number of halogens is 1. The first-order chi connectivity index (χ1) is 12.8. The number of piperazine rings is 1. The molecule has 0 spiro atoms. The van der Waals surface area contributed by atoms with Gasteiger partial charge in [-0.15, -0.1) is 0 Å². The highest BCUT2D eigenvalue weighted by Crippen LogP contribution is 2.37. The van der Waals surface area contributed by atoms with Gasteiger partial charge in [0.15, 0.2) is 11.6 Å². The highest BCUT2D eigenvalue weighted by Gasteiger charge is 2.22. The molecule has 0 atom stereocenters. The number of aromatic nitrogens is 3. The van der Waals surface area contributed by atoms with E-state index in [-0.39, 0.29) is 5.82 Å². The fraction of sp³-hybridized carbons (Fsp3) is 0.300. The number of aryl methyl sites for hydroxylation is 1. The van der Waals surface area contributed by atoms with E-state index in [1.54, 1.807) is 6.07 Å². The van der Waals surface area contributed by atoms with Crippen LogP contribution in [0.5, 0.6) is 0 Å². The van der Waals surface area contributed by atoms with Crippen LogP contribution in [0.2, 0.25) is 0 Å². The largest absolute Gasteiger partial charge is 0.352 e. The molecule has 5 nitrogen and oxygen atoms in total. The van der Waals surface area contributed by atoms with Crippen molar-refractivity contribution in [3.05, 3.63) is 42.3 Å². The topological polar surface area (TPSA) is 46.0 Å². The standard InChI is InChI=1S/C20H20FN5/c1-2-25-12-15-13-5-3-4-6-17(13)23-18(15)14-11-16(21)20(24-19(14)25)26-9-7-22-8-10-26/h3-6,11-12,22H,2,7-10H2,1H3. The summed E-state index contributed by atoms with van der Waals surface area (Å²) >= 11 is 0. The first kappa shape index (κ1) is 15.5. The minimum Gasteiger partial charge on any atom is -0.352 e. The van der Waals surface area contributed by atoms with Crippen molar-refractivity contribution < 1.29 is 4.39 Å². The smallest absolute Gasteiger partial charge is 0.167 e. The molecule has 1 aromatic heterocycles. The Labute approximate surface area is 150 Å².